The molecule has 2 heterocycles. The number of nitrogens with zero attached hydrogens (tertiary/aromatic N) is 2. The van der Waals surface area contributed by atoms with Crippen molar-refractivity contribution in [1.29, 1.82) is 0 Å². The van der Waals surface area contributed by atoms with Crippen molar-refractivity contribution in [3.05, 3.63) is 23.9 Å². The predicted octanol–water partition coefficient (Wildman–Crippen LogP) is 2.84. The first-order chi connectivity index (χ1) is 9.10. The van der Waals surface area contributed by atoms with Gasteiger partial charge < -0.3 is 10.6 Å². The van der Waals surface area contributed by atoms with E-state index < -0.39 is 0 Å². The molecule has 0 bridgehead atoms. The Balaban J connectivity index is 2.18. The summed E-state index contributed by atoms with van der Waals surface area (Å²) in [4.78, 5) is 7.08. The highest BCUT2D eigenvalue weighted by Crippen LogP contribution is 2.27. The van der Waals surface area contributed by atoms with Crippen molar-refractivity contribution in [3.8, 4) is 0 Å². The molecule has 0 radical (unpaired) electrons. The van der Waals surface area contributed by atoms with Crippen LogP contribution in [-0.2, 0) is 6.42 Å². The van der Waals surface area contributed by atoms with Crippen LogP contribution in [0.2, 0.25) is 0 Å². The summed E-state index contributed by atoms with van der Waals surface area (Å²) in [5.74, 6) is 2.65. The molecular weight excluding hydrogens is 234 g/mol. The van der Waals surface area contributed by atoms with Gasteiger partial charge in [-0.05, 0) is 42.7 Å². The summed E-state index contributed by atoms with van der Waals surface area (Å²) in [5.41, 5.74) is 7.42. The van der Waals surface area contributed by atoms with Crippen LogP contribution in [-0.4, -0.2) is 24.1 Å². The molecule has 1 fully saturated rings. The highest BCUT2D eigenvalue weighted by atomic mass is 15.2. The molecule has 1 aliphatic heterocycles. The molecule has 3 unspecified atom stereocenters. The molecule has 1 aliphatic rings. The fraction of sp³-hybridized carbons (Fsp3) is 0.688. The van der Waals surface area contributed by atoms with Crippen molar-refractivity contribution in [2.24, 2.45) is 17.6 Å². The molecular formula is C16H27N3. The van der Waals surface area contributed by atoms with Crippen molar-refractivity contribution in [2.45, 2.75) is 46.1 Å². The van der Waals surface area contributed by atoms with Crippen LogP contribution in [0.15, 0.2) is 18.3 Å². The van der Waals surface area contributed by atoms with E-state index in [0.717, 1.165) is 43.6 Å². The second-order valence-corrected chi connectivity index (χ2v) is 6.21. The van der Waals surface area contributed by atoms with E-state index in [1.807, 2.05) is 12.3 Å². The minimum Gasteiger partial charge on any atom is -0.356 e. The van der Waals surface area contributed by atoms with Crippen molar-refractivity contribution >= 4 is 5.82 Å². The van der Waals surface area contributed by atoms with Gasteiger partial charge in [0.15, 0.2) is 0 Å². The monoisotopic (exact) mass is 261 g/mol. The molecule has 0 saturated carbocycles. The maximum absolute atomic E-state index is 6.11. The Morgan fingerprint density at radius 1 is 1.37 bits per heavy atom. The largest absolute Gasteiger partial charge is 0.356 e. The van der Waals surface area contributed by atoms with Gasteiger partial charge in [-0.2, -0.15) is 0 Å². The maximum Gasteiger partial charge on any atom is 0.131 e. The smallest absolute Gasteiger partial charge is 0.131 e. The second kappa shape index (κ2) is 6.38. The third-order valence-electron chi connectivity index (χ3n) is 4.04. The number of piperidine rings is 1. The fourth-order valence-electron chi connectivity index (χ4n) is 3.14. The zero-order chi connectivity index (χ0) is 13.8. The van der Waals surface area contributed by atoms with Gasteiger partial charge in [0.2, 0.25) is 0 Å². The molecule has 1 aromatic rings. The van der Waals surface area contributed by atoms with E-state index >= 15 is 0 Å². The maximum atomic E-state index is 6.11. The van der Waals surface area contributed by atoms with E-state index in [1.54, 1.807) is 0 Å². The molecule has 0 aromatic carbocycles. The number of rotatable bonds is 4. The first kappa shape index (κ1) is 14.3. The van der Waals surface area contributed by atoms with Crippen LogP contribution in [0.1, 0.15) is 39.2 Å². The van der Waals surface area contributed by atoms with Crippen LogP contribution >= 0.6 is 0 Å². The Labute approximate surface area is 117 Å². The minimum absolute atomic E-state index is 0.239. The Morgan fingerprint density at radius 3 is 2.68 bits per heavy atom. The summed E-state index contributed by atoms with van der Waals surface area (Å²) >= 11 is 0. The van der Waals surface area contributed by atoms with E-state index in [0.29, 0.717) is 0 Å². The van der Waals surface area contributed by atoms with Crippen LogP contribution in [0.4, 0.5) is 5.82 Å². The van der Waals surface area contributed by atoms with E-state index in [1.165, 1.54) is 12.0 Å². The summed E-state index contributed by atoms with van der Waals surface area (Å²) < 4.78 is 0. The van der Waals surface area contributed by atoms with Crippen molar-refractivity contribution in [1.82, 2.24) is 4.98 Å². The molecule has 1 saturated heterocycles. The molecule has 3 atom stereocenters. The summed E-state index contributed by atoms with van der Waals surface area (Å²) in [6.07, 6.45) is 5.17. The third kappa shape index (κ3) is 3.69. The molecule has 1 aromatic heterocycles. The molecule has 3 heteroatoms. The van der Waals surface area contributed by atoms with Crippen molar-refractivity contribution < 1.29 is 0 Å². The zero-order valence-electron chi connectivity index (χ0n) is 12.5. The van der Waals surface area contributed by atoms with Gasteiger partial charge in [0, 0.05) is 25.3 Å². The topological polar surface area (TPSA) is 42.1 Å². The lowest BCUT2D eigenvalue weighted by molar-refractivity contribution is 0.354. The lowest BCUT2D eigenvalue weighted by atomic mass is 9.91. The van der Waals surface area contributed by atoms with Crippen molar-refractivity contribution in [3.63, 3.8) is 0 Å². The second-order valence-electron chi connectivity index (χ2n) is 6.21. The van der Waals surface area contributed by atoms with Crippen LogP contribution in [0.3, 0.4) is 0 Å². The van der Waals surface area contributed by atoms with Gasteiger partial charge in [-0.1, -0.05) is 26.8 Å². The Kier molecular flexibility index (Phi) is 4.81. The Bertz CT molecular complexity index is 395. The van der Waals surface area contributed by atoms with Gasteiger partial charge in [0.05, 0.1) is 0 Å². The minimum atomic E-state index is 0.239. The van der Waals surface area contributed by atoms with Crippen molar-refractivity contribution in [2.75, 3.05) is 18.0 Å². The molecule has 2 rings (SSSR count). The average Bonchev–Trinajstić information content (AvgIpc) is 2.38. The summed E-state index contributed by atoms with van der Waals surface area (Å²) in [5, 5.41) is 0. The standard InChI is InChI=1S/C16H27N3/c1-4-15(17)9-14-6-5-7-18-16(14)19-10-12(2)8-13(3)11-19/h5-7,12-13,15H,4,8-11,17H2,1-3H3. The molecule has 0 spiro atoms. The van der Waals surface area contributed by atoms with E-state index in [-0.39, 0.29) is 6.04 Å². The van der Waals surface area contributed by atoms with Gasteiger partial charge in [-0.25, -0.2) is 4.98 Å². The van der Waals surface area contributed by atoms with Gasteiger partial charge in [-0.15, -0.1) is 0 Å². The Morgan fingerprint density at radius 2 is 2.05 bits per heavy atom. The van der Waals surface area contributed by atoms with Gasteiger partial charge in [-0.3, -0.25) is 0 Å². The molecule has 106 valence electrons. The molecule has 3 nitrogen and oxygen atoms in total. The quantitative estimate of drug-likeness (QED) is 0.906. The average molecular weight is 261 g/mol. The highest BCUT2D eigenvalue weighted by molar-refractivity contribution is 5.47. The lowest BCUT2D eigenvalue weighted by Gasteiger charge is -2.37. The number of hydrogen-bond donors (Lipinski definition) is 1. The van der Waals surface area contributed by atoms with E-state index in [4.69, 9.17) is 5.73 Å². The number of nitrogens with two attached hydrogens (primary N) is 1. The van der Waals surface area contributed by atoms with Gasteiger partial charge in [0.25, 0.3) is 0 Å². The molecule has 0 amide bonds. The SMILES string of the molecule is CCC(N)Cc1cccnc1N1CC(C)CC(C)C1. The van der Waals surface area contributed by atoms with Crippen LogP contribution in [0.25, 0.3) is 0 Å². The number of hydrogen-bond acceptors (Lipinski definition) is 3. The van der Waals surface area contributed by atoms with Gasteiger partial charge >= 0.3 is 0 Å². The predicted molar refractivity (Wildman–Crippen MR) is 81.4 cm³/mol. The fourth-order valence-corrected chi connectivity index (χ4v) is 3.14. The van der Waals surface area contributed by atoms with Crippen LogP contribution in [0, 0.1) is 11.8 Å². The van der Waals surface area contributed by atoms with Crippen LogP contribution < -0.4 is 10.6 Å². The Hall–Kier alpha value is -1.09. The first-order valence-corrected chi connectivity index (χ1v) is 7.54. The number of aromatic nitrogens is 1. The summed E-state index contributed by atoms with van der Waals surface area (Å²) in [6.45, 7) is 9.06. The highest BCUT2D eigenvalue weighted by Gasteiger charge is 2.24. The van der Waals surface area contributed by atoms with Gasteiger partial charge in [0.1, 0.15) is 5.82 Å². The first-order valence-electron chi connectivity index (χ1n) is 7.54. The molecule has 19 heavy (non-hydrogen) atoms. The van der Waals surface area contributed by atoms with E-state index in [2.05, 4.69) is 36.7 Å². The lowest BCUT2D eigenvalue weighted by Crippen LogP contribution is -2.40. The number of anilines is 1. The molecule has 2 N–H and O–H groups in total. The summed E-state index contributed by atoms with van der Waals surface area (Å²) in [7, 11) is 0. The molecule has 0 aliphatic carbocycles. The third-order valence-corrected chi connectivity index (χ3v) is 4.04. The van der Waals surface area contributed by atoms with E-state index in [9.17, 15) is 0 Å². The summed E-state index contributed by atoms with van der Waals surface area (Å²) in [6, 6.07) is 4.45. The normalized spacial score (nSPS) is 25.4. The number of pyridine rings is 1. The zero-order valence-corrected chi connectivity index (χ0v) is 12.5. The van der Waals surface area contributed by atoms with Crippen LogP contribution in [0.5, 0.6) is 0 Å².